The van der Waals surface area contributed by atoms with E-state index in [1.54, 1.807) is 6.07 Å². The Bertz CT molecular complexity index is 748. The third-order valence-corrected chi connectivity index (χ3v) is 4.43. The van der Waals surface area contributed by atoms with Gasteiger partial charge in [-0.25, -0.2) is 4.79 Å². The van der Waals surface area contributed by atoms with Gasteiger partial charge in [0.2, 0.25) is 0 Å². The number of carbonyl (C=O) groups is 2. The van der Waals surface area contributed by atoms with E-state index in [1.165, 1.54) is 0 Å². The van der Waals surface area contributed by atoms with E-state index < -0.39 is 6.10 Å². The van der Waals surface area contributed by atoms with Gasteiger partial charge in [0.1, 0.15) is 6.10 Å². The van der Waals surface area contributed by atoms with Crippen LogP contribution in [0.25, 0.3) is 0 Å². The van der Waals surface area contributed by atoms with Gasteiger partial charge >= 0.3 is 5.97 Å². The molecule has 2 aromatic carbocycles. The van der Waals surface area contributed by atoms with Crippen LogP contribution in [0.1, 0.15) is 44.4 Å². The third-order valence-electron chi connectivity index (χ3n) is 4.43. The van der Waals surface area contributed by atoms with E-state index in [9.17, 15) is 9.59 Å². The van der Waals surface area contributed by atoms with Crippen LogP contribution >= 0.6 is 0 Å². The first-order valence-electron chi connectivity index (χ1n) is 7.18. The first-order valence-corrected chi connectivity index (χ1v) is 7.18. The lowest BCUT2D eigenvalue weighted by atomic mass is 9.78. The number of hydrogen-bond acceptors (Lipinski definition) is 3. The average molecular weight is 278 g/mol. The highest BCUT2D eigenvalue weighted by Gasteiger charge is 2.41. The molecule has 1 aliphatic heterocycles. The van der Waals surface area contributed by atoms with Crippen molar-refractivity contribution in [3.05, 3.63) is 70.8 Å². The molecule has 0 fully saturated rings. The third kappa shape index (κ3) is 1.81. The number of ketones is 1. The lowest BCUT2D eigenvalue weighted by Crippen LogP contribution is -2.28. The fourth-order valence-electron chi connectivity index (χ4n) is 3.38. The van der Waals surface area contributed by atoms with Gasteiger partial charge in [-0.15, -0.1) is 0 Å². The minimum atomic E-state index is -0.436. The molecule has 21 heavy (non-hydrogen) atoms. The second-order valence-corrected chi connectivity index (χ2v) is 5.58. The summed E-state index contributed by atoms with van der Waals surface area (Å²) in [6, 6.07) is 15.1. The first kappa shape index (κ1) is 12.3. The van der Waals surface area contributed by atoms with Crippen molar-refractivity contribution in [3.63, 3.8) is 0 Å². The van der Waals surface area contributed by atoms with Gasteiger partial charge in [-0.05, 0) is 24.5 Å². The van der Waals surface area contributed by atoms with Crippen LogP contribution in [0.15, 0.2) is 48.5 Å². The second-order valence-electron chi connectivity index (χ2n) is 5.58. The van der Waals surface area contributed by atoms with Crippen LogP contribution in [0.4, 0.5) is 0 Å². The Morgan fingerprint density at radius 3 is 2.48 bits per heavy atom. The van der Waals surface area contributed by atoms with Crippen molar-refractivity contribution in [1.82, 2.24) is 0 Å². The normalized spacial score (nSPS) is 23.4. The summed E-state index contributed by atoms with van der Waals surface area (Å²) in [6.07, 6.45) is 1.14. The standard InChI is InChI=1S/C18H14O3/c19-16-12-6-2-1-5-11(12)9-10-15(16)17-13-7-3-4-8-14(13)18(20)21-17/h1-8,15,17H,9-10H2. The van der Waals surface area contributed by atoms with E-state index in [0.717, 1.165) is 29.5 Å². The van der Waals surface area contributed by atoms with E-state index in [1.807, 2.05) is 42.5 Å². The van der Waals surface area contributed by atoms with Crippen molar-refractivity contribution in [1.29, 1.82) is 0 Å². The van der Waals surface area contributed by atoms with Crippen molar-refractivity contribution in [2.75, 3.05) is 0 Å². The Balaban J connectivity index is 1.74. The summed E-state index contributed by atoms with van der Waals surface area (Å²) >= 11 is 0. The monoisotopic (exact) mass is 278 g/mol. The van der Waals surface area contributed by atoms with Gasteiger partial charge in [0.25, 0.3) is 0 Å². The predicted octanol–water partition coefficient (Wildman–Crippen LogP) is 3.34. The van der Waals surface area contributed by atoms with Crippen LogP contribution in [0.5, 0.6) is 0 Å². The molecule has 104 valence electrons. The van der Waals surface area contributed by atoms with Crippen LogP contribution in [0.3, 0.4) is 0 Å². The zero-order valence-electron chi connectivity index (χ0n) is 11.4. The fourth-order valence-corrected chi connectivity index (χ4v) is 3.38. The summed E-state index contributed by atoms with van der Waals surface area (Å²) < 4.78 is 5.50. The molecule has 0 bridgehead atoms. The number of fused-ring (bicyclic) bond motifs is 2. The fraction of sp³-hybridized carbons (Fsp3) is 0.222. The molecule has 1 heterocycles. The van der Waals surface area contributed by atoms with Gasteiger partial charge in [0.05, 0.1) is 11.5 Å². The topological polar surface area (TPSA) is 43.4 Å². The van der Waals surface area contributed by atoms with E-state index in [0.29, 0.717) is 5.56 Å². The second kappa shape index (κ2) is 4.55. The minimum absolute atomic E-state index is 0.0892. The molecule has 2 atom stereocenters. The zero-order valence-corrected chi connectivity index (χ0v) is 11.4. The smallest absolute Gasteiger partial charge is 0.339 e. The van der Waals surface area contributed by atoms with E-state index in [-0.39, 0.29) is 17.7 Å². The molecule has 0 spiro atoms. The number of Topliss-reactive ketones (excluding diaryl/α,β-unsaturated/α-hetero) is 1. The Labute approximate surface area is 122 Å². The first-order chi connectivity index (χ1) is 10.3. The van der Waals surface area contributed by atoms with Crippen molar-refractivity contribution >= 4 is 11.8 Å². The van der Waals surface area contributed by atoms with Gasteiger partial charge in [0, 0.05) is 11.1 Å². The van der Waals surface area contributed by atoms with E-state index >= 15 is 0 Å². The SMILES string of the molecule is O=C1OC(C2CCc3ccccc3C2=O)c2ccccc21. The molecule has 0 radical (unpaired) electrons. The maximum Gasteiger partial charge on any atom is 0.339 e. The Morgan fingerprint density at radius 2 is 1.62 bits per heavy atom. The number of cyclic esters (lactones) is 1. The number of benzene rings is 2. The molecule has 2 aromatic rings. The summed E-state index contributed by atoms with van der Waals surface area (Å²) in [7, 11) is 0. The molecule has 0 saturated heterocycles. The summed E-state index contributed by atoms with van der Waals surface area (Å²) in [5, 5.41) is 0. The van der Waals surface area contributed by atoms with Crippen molar-refractivity contribution in [3.8, 4) is 0 Å². The van der Waals surface area contributed by atoms with Crippen LogP contribution in [0, 0.1) is 5.92 Å². The number of rotatable bonds is 1. The molecular formula is C18H14O3. The van der Waals surface area contributed by atoms with Gasteiger partial charge < -0.3 is 4.74 Å². The number of esters is 1. The van der Waals surface area contributed by atoms with Crippen LogP contribution in [0.2, 0.25) is 0 Å². The van der Waals surface area contributed by atoms with Crippen LogP contribution < -0.4 is 0 Å². The largest absolute Gasteiger partial charge is 0.453 e. The highest BCUT2D eigenvalue weighted by atomic mass is 16.5. The van der Waals surface area contributed by atoms with Gasteiger partial charge in [-0.2, -0.15) is 0 Å². The highest BCUT2D eigenvalue weighted by molar-refractivity contribution is 6.02. The summed E-state index contributed by atoms with van der Waals surface area (Å²) in [4.78, 5) is 24.7. The van der Waals surface area contributed by atoms with Gasteiger partial charge in [-0.1, -0.05) is 42.5 Å². The van der Waals surface area contributed by atoms with Crippen molar-refractivity contribution in [2.24, 2.45) is 5.92 Å². The lowest BCUT2D eigenvalue weighted by Gasteiger charge is -2.27. The van der Waals surface area contributed by atoms with Crippen LogP contribution in [-0.2, 0) is 11.2 Å². The summed E-state index contributed by atoms with van der Waals surface area (Å²) in [6.45, 7) is 0. The minimum Gasteiger partial charge on any atom is -0.453 e. The molecule has 0 aromatic heterocycles. The molecule has 2 aliphatic rings. The number of aryl methyl sites for hydroxylation is 1. The maximum atomic E-state index is 12.7. The van der Waals surface area contributed by atoms with E-state index in [4.69, 9.17) is 4.74 Å². The van der Waals surface area contributed by atoms with Gasteiger partial charge in [0.15, 0.2) is 5.78 Å². The maximum absolute atomic E-state index is 12.7. The Morgan fingerprint density at radius 1 is 0.905 bits per heavy atom. The lowest BCUT2D eigenvalue weighted by molar-refractivity contribution is 0.0222. The number of hydrogen-bond donors (Lipinski definition) is 0. The zero-order chi connectivity index (χ0) is 14.4. The molecule has 0 amide bonds. The highest BCUT2D eigenvalue weighted by Crippen LogP contribution is 2.41. The molecular weight excluding hydrogens is 264 g/mol. The van der Waals surface area contributed by atoms with Crippen LogP contribution in [-0.4, -0.2) is 11.8 Å². The molecule has 4 rings (SSSR count). The molecule has 3 heteroatoms. The molecule has 0 saturated carbocycles. The van der Waals surface area contributed by atoms with Crippen molar-refractivity contribution < 1.29 is 14.3 Å². The molecule has 3 nitrogen and oxygen atoms in total. The van der Waals surface area contributed by atoms with E-state index in [2.05, 4.69) is 0 Å². The van der Waals surface area contributed by atoms with Gasteiger partial charge in [-0.3, -0.25) is 4.79 Å². The Hall–Kier alpha value is -2.42. The molecule has 1 aliphatic carbocycles. The predicted molar refractivity (Wildman–Crippen MR) is 77.2 cm³/mol. The summed E-state index contributed by atoms with van der Waals surface area (Å²) in [5.74, 6) is -0.499. The summed E-state index contributed by atoms with van der Waals surface area (Å²) in [5.41, 5.74) is 3.31. The number of ether oxygens (including phenoxy) is 1. The number of carbonyl (C=O) groups excluding carboxylic acids is 2. The average Bonchev–Trinajstić information content (AvgIpc) is 2.86. The quantitative estimate of drug-likeness (QED) is 0.751. The van der Waals surface area contributed by atoms with Crippen molar-refractivity contribution in [2.45, 2.75) is 18.9 Å². The molecule has 0 N–H and O–H groups in total. The molecule has 2 unspecified atom stereocenters. The Kier molecular flexibility index (Phi) is 2.67.